The Hall–Kier alpha value is -2.18. The standard InChI is InChI=1S/C17H18ClN5O/c1-11-7-12(18)4-5-15(11)23-17-14(9-22-23)16(20-10-21-17)19-8-13-3-2-6-24-13/h4-5,7,9-10,13H,2-3,6,8H2,1H3,(H,19,20,21)/t13-/m1/s1. The number of aromatic nitrogens is 4. The van der Waals surface area contributed by atoms with E-state index in [1.165, 1.54) is 0 Å². The minimum Gasteiger partial charge on any atom is -0.376 e. The maximum absolute atomic E-state index is 6.05. The zero-order chi connectivity index (χ0) is 16.5. The van der Waals surface area contributed by atoms with Gasteiger partial charge in [0.25, 0.3) is 0 Å². The zero-order valence-electron chi connectivity index (χ0n) is 13.4. The van der Waals surface area contributed by atoms with Gasteiger partial charge < -0.3 is 10.1 Å². The first-order chi connectivity index (χ1) is 11.7. The van der Waals surface area contributed by atoms with Gasteiger partial charge in [0.1, 0.15) is 12.1 Å². The predicted octanol–water partition coefficient (Wildman–Crippen LogP) is 3.37. The van der Waals surface area contributed by atoms with Gasteiger partial charge in [-0.2, -0.15) is 5.10 Å². The first kappa shape index (κ1) is 15.4. The SMILES string of the molecule is Cc1cc(Cl)ccc1-n1ncc2c(NC[C@H]3CCCO3)ncnc21. The lowest BCUT2D eigenvalue weighted by Gasteiger charge is -2.12. The van der Waals surface area contributed by atoms with Crippen LogP contribution in [0.4, 0.5) is 5.82 Å². The molecule has 7 heteroatoms. The molecule has 124 valence electrons. The number of hydrogen-bond donors (Lipinski definition) is 1. The molecule has 0 spiro atoms. The molecule has 1 aliphatic rings. The third-order valence-corrected chi connectivity index (χ3v) is 4.51. The fraction of sp³-hybridized carbons (Fsp3) is 0.353. The first-order valence-electron chi connectivity index (χ1n) is 8.03. The summed E-state index contributed by atoms with van der Waals surface area (Å²) in [6, 6.07) is 5.73. The van der Waals surface area contributed by atoms with Crippen molar-refractivity contribution in [3.63, 3.8) is 0 Å². The Morgan fingerprint density at radius 1 is 1.38 bits per heavy atom. The van der Waals surface area contributed by atoms with Crippen molar-refractivity contribution < 1.29 is 4.74 Å². The van der Waals surface area contributed by atoms with Crippen molar-refractivity contribution in [2.75, 3.05) is 18.5 Å². The highest BCUT2D eigenvalue weighted by atomic mass is 35.5. The summed E-state index contributed by atoms with van der Waals surface area (Å²) in [5, 5.41) is 9.47. The summed E-state index contributed by atoms with van der Waals surface area (Å²) >= 11 is 6.05. The van der Waals surface area contributed by atoms with E-state index < -0.39 is 0 Å². The average Bonchev–Trinajstić information content (AvgIpc) is 3.22. The van der Waals surface area contributed by atoms with Crippen molar-refractivity contribution >= 4 is 28.5 Å². The fourth-order valence-electron chi connectivity index (χ4n) is 3.03. The van der Waals surface area contributed by atoms with E-state index in [0.717, 1.165) is 54.1 Å². The number of rotatable bonds is 4. The van der Waals surface area contributed by atoms with E-state index in [1.54, 1.807) is 12.5 Å². The lowest BCUT2D eigenvalue weighted by atomic mass is 10.2. The number of anilines is 1. The summed E-state index contributed by atoms with van der Waals surface area (Å²) < 4.78 is 7.47. The monoisotopic (exact) mass is 343 g/mol. The minimum absolute atomic E-state index is 0.253. The van der Waals surface area contributed by atoms with Gasteiger partial charge in [0, 0.05) is 18.2 Å². The van der Waals surface area contributed by atoms with Crippen molar-refractivity contribution in [1.82, 2.24) is 19.7 Å². The number of aryl methyl sites for hydroxylation is 1. The third kappa shape index (κ3) is 2.83. The van der Waals surface area contributed by atoms with Crippen LogP contribution in [0.1, 0.15) is 18.4 Å². The van der Waals surface area contributed by atoms with Crippen LogP contribution < -0.4 is 5.32 Å². The van der Waals surface area contributed by atoms with Gasteiger partial charge in [-0.1, -0.05) is 11.6 Å². The van der Waals surface area contributed by atoms with Gasteiger partial charge in [-0.15, -0.1) is 0 Å². The number of nitrogens with zero attached hydrogens (tertiary/aromatic N) is 4. The average molecular weight is 344 g/mol. The minimum atomic E-state index is 0.253. The van der Waals surface area contributed by atoms with Crippen LogP contribution in [0.15, 0.2) is 30.7 Å². The van der Waals surface area contributed by atoms with E-state index in [4.69, 9.17) is 16.3 Å². The number of nitrogens with one attached hydrogen (secondary N) is 1. The highest BCUT2D eigenvalue weighted by molar-refractivity contribution is 6.30. The third-order valence-electron chi connectivity index (χ3n) is 4.27. The van der Waals surface area contributed by atoms with E-state index in [-0.39, 0.29) is 6.10 Å². The largest absolute Gasteiger partial charge is 0.376 e. The van der Waals surface area contributed by atoms with Gasteiger partial charge in [0.2, 0.25) is 0 Å². The van der Waals surface area contributed by atoms with Crippen LogP contribution in [0.25, 0.3) is 16.7 Å². The fourth-order valence-corrected chi connectivity index (χ4v) is 3.26. The molecule has 2 aromatic heterocycles. The Kier molecular flexibility index (Phi) is 4.08. The lowest BCUT2D eigenvalue weighted by Crippen LogP contribution is -2.19. The number of ether oxygens (including phenoxy) is 1. The van der Waals surface area contributed by atoms with Crippen molar-refractivity contribution in [1.29, 1.82) is 0 Å². The number of hydrogen-bond acceptors (Lipinski definition) is 5. The van der Waals surface area contributed by atoms with E-state index in [1.807, 2.05) is 29.8 Å². The molecule has 0 saturated carbocycles. The molecule has 3 aromatic rings. The second-order valence-electron chi connectivity index (χ2n) is 5.96. The van der Waals surface area contributed by atoms with Gasteiger partial charge in [0.05, 0.1) is 23.4 Å². The van der Waals surface area contributed by atoms with Crippen LogP contribution in [0.3, 0.4) is 0 Å². The molecule has 1 aliphatic heterocycles. The molecular weight excluding hydrogens is 326 g/mol. The highest BCUT2D eigenvalue weighted by Gasteiger charge is 2.17. The van der Waals surface area contributed by atoms with E-state index >= 15 is 0 Å². The summed E-state index contributed by atoms with van der Waals surface area (Å²) in [6.07, 6.45) is 5.82. The van der Waals surface area contributed by atoms with Crippen LogP contribution in [-0.4, -0.2) is 39.0 Å². The molecule has 0 aliphatic carbocycles. The maximum Gasteiger partial charge on any atom is 0.168 e. The molecule has 0 radical (unpaired) electrons. The second-order valence-corrected chi connectivity index (χ2v) is 6.40. The quantitative estimate of drug-likeness (QED) is 0.786. The second kappa shape index (κ2) is 6.37. The van der Waals surface area contributed by atoms with Crippen LogP contribution in [-0.2, 0) is 4.74 Å². The molecule has 1 atom stereocenters. The molecule has 0 unspecified atom stereocenters. The smallest absolute Gasteiger partial charge is 0.168 e. The number of fused-ring (bicyclic) bond motifs is 1. The van der Waals surface area contributed by atoms with Crippen molar-refractivity contribution in [3.8, 4) is 5.69 Å². The molecule has 1 N–H and O–H groups in total. The summed E-state index contributed by atoms with van der Waals surface area (Å²) in [5.74, 6) is 0.786. The normalized spacial score (nSPS) is 17.5. The van der Waals surface area contributed by atoms with E-state index in [9.17, 15) is 0 Å². The van der Waals surface area contributed by atoms with Crippen LogP contribution in [0, 0.1) is 6.92 Å². The molecule has 6 nitrogen and oxygen atoms in total. The van der Waals surface area contributed by atoms with Crippen LogP contribution in [0.2, 0.25) is 5.02 Å². The van der Waals surface area contributed by atoms with E-state index in [0.29, 0.717) is 5.02 Å². The molecule has 0 bridgehead atoms. The zero-order valence-corrected chi connectivity index (χ0v) is 14.1. The Labute approximate surface area is 144 Å². The van der Waals surface area contributed by atoms with Crippen molar-refractivity contribution in [2.24, 2.45) is 0 Å². The molecule has 1 aromatic carbocycles. The maximum atomic E-state index is 6.05. The van der Waals surface area contributed by atoms with Gasteiger partial charge in [0.15, 0.2) is 5.65 Å². The molecule has 24 heavy (non-hydrogen) atoms. The summed E-state index contributed by atoms with van der Waals surface area (Å²) in [6.45, 7) is 3.60. The summed E-state index contributed by atoms with van der Waals surface area (Å²) in [5.41, 5.74) is 2.77. The topological polar surface area (TPSA) is 64.9 Å². The van der Waals surface area contributed by atoms with Gasteiger partial charge in [-0.25, -0.2) is 14.6 Å². The van der Waals surface area contributed by atoms with Gasteiger partial charge in [-0.05, 0) is 43.5 Å². The molecule has 1 saturated heterocycles. The number of benzene rings is 1. The highest BCUT2D eigenvalue weighted by Crippen LogP contribution is 2.25. The summed E-state index contributed by atoms with van der Waals surface area (Å²) in [4.78, 5) is 8.77. The Morgan fingerprint density at radius 2 is 2.29 bits per heavy atom. The van der Waals surface area contributed by atoms with Crippen molar-refractivity contribution in [2.45, 2.75) is 25.9 Å². The molecule has 1 fully saturated rings. The van der Waals surface area contributed by atoms with Crippen molar-refractivity contribution in [3.05, 3.63) is 41.3 Å². The lowest BCUT2D eigenvalue weighted by molar-refractivity contribution is 0.120. The Balaban J connectivity index is 1.68. The Morgan fingerprint density at radius 3 is 3.08 bits per heavy atom. The molecule has 0 amide bonds. The van der Waals surface area contributed by atoms with Gasteiger partial charge in [-0.3, -0.25) is 0 Å². The molecule has 4 rings (SSSR count). The summed E-state index contributed by atoms with van der Waals surface area (Å²) in [7, 11) is 0. The van der Waals surface area contributed by atoms with E-state index in [2.05, 4.69) is 20.4 Å². The number of halogens is 1. The molecular formula is C17H18ClN5O. The van der Waals surface area contributed by atoms with Crippen LogP contribution in [0.5, 0.6) is 0 Å². The Bertz CT molecular complexity index is 873. The molecule has 3 heterocycles. The first-order valence-corrected chi connectivity index (χ1v) is 8.41. The van der Waals surface area contributed by atoms with Crippen LogP contribution >= 0.6 is 11.6 Å². The van der Waals surface area contributed by atoms with Gasteiger partial charge >= 0.3 is 0 Å². The predicted molar refractivity (Wildman–Crippen MR) is 93.9 cm³/mol.